The molecular weight excluding hydrogens is 415 g/mol. The molecule has 30 heavy (non-hydrogen) atoms. The zero-order valence-electron chi connectivity index (χ0n) is 18.8. The molecule has 2 nitrogen and oxygen atoms in total. The summed E-state index contributed by atoms with van der Waals surface area (Å²) in [6.07, 6.45) is 14.7. The maximum Gasteiger partial charge on any atom is 0.147 e. The molecule has 4 heteroatoms. The first kappa shape index (κ1) is 25.1. The summed E-state index contributed by atoms with van der Waals surface area (Å²) in [5.74, 6) is 1.36. The Balaban J connectivity index is 1.98. The molecule has 0 amide bonds. The highest BCUT2D eigenvalue weighted by Crippen LogP contribution is 2.46. The maximum atomic E-state index is 6.62. The van der Waals surface area contributed by atoms with Gasteiger partial charge < -0.3 is 9.47 Å². The average Bonchev–Trinajstić information content (AvgIpc) is 2.76. The van der Waals surface area contributed by atoms with Crippen LogP contribution in [-0.4, -0.2) is 13.2 Å². The van der Waals surface area contributed by atoms with Gasteiger partial charge in [-0.1, -0.05) is 126 Å². The van der Waals surface area contributed by atoms with Gasteiger partial charge in [-0.25, -0.2) is 0 Å². The van der Waals surface area contributed by atoms with E-state index in [0.29, 0.717) is 34.8 Å². The molecule has 0 aromatic heterocycles. The van der Waals surface area contributed by atoms with E-state index < -0.39 is 0 Å². The van der Waals surface area contributed by atoms with E-state index in [9.17, 15) is 0 Å². The van der Waals surface area contributed by atoms with Gasteiger partial charge in [-0.2, -0.15) is 0 Å². The number of halogens is 2. The molecule has 0 atom stereocenters. The molecular formula is C26H38Cl2O2. The highest BCUT2D eigenvalue weighted by Gasteiger charge is 2.19. The molecule has 0 aliphatic heterocycles. The number of unbranched alkanes of at least 4 members (excludes halogenated alkanes) is 10. The Morgan fingerprint density at radius 1 is 0.567 bits per heavy atom. The third-order valence-corrected chi connectivity index (χ3v) is 6.31. The maximum absolute atomic E-state index is 6.62. The minimum absolute atomic E-state index is 0.458. The van der Waals surface area contributed by atoms with E-state index in [4.69, 9.17) is 32.7 Å². The van der Waals surface area contributed by atoms with Crippen LogP contribution in [0.2, 0.25) is 10.0 Å². The quantitative estimate of drug-likeness (QED) is 0.236. The number of ether oxygens (including phenoxy) is 2. The third-order valence-electron chi connectivity index (χ3n) is 5.50. The Labute approximate surface area is 193 Å². The second kappa shape index (κ2) is 14.8. The highest BCUT2D eigenvalue weighted by atomic mass is 35.5. The van der Waals surface area contributed by atoms with Crippen LogP contribution in [-0.2, 0) is 0 Å². The normalized spacial score (nSPS) is 11.2. The monoisotopic (exact) mass is 452 g/mol. The van der Waals surface area contributed by atoms with E-state index in [1.807, 2.05) is 24.3 Å². The molecule has 0 saturated carbocycles. The van der Waals surface area contributed by atoms with E-state index >= 15 is 0 Å². The Bertz CT molecular complexity index is 683. The molecule has 0 fully saturated rings. The summed E-state index contributed by atoms with van der Waals surface area (Å²) in [7, 11) is 0. The largest absolute Gasteiger partial charge is 0.491 e. The van der Waals surface area contributed by atoms with Crippen LogP contribution in [0.25, 0.3) is 10.8 Å². The van der Waals surface area contributed by atoms with Crippen molar-refractivity contribution in [3.8, 4) is 11.5 Å². The Morgan fingerprint density at radius 3 is 1.33 bits per heavy atom. The summed E-state index contributed by atoms with van der Waals surface area (Å²) in [4.78, 5) is 0. The van der Waals surface area contributed by atoms with Crippen molar-refractivity contribution >= 4 is 34.0 Å². The lowest BCUT2D eigenvalue weighted by atomic mass is 10.1. The number of rotatable bonds is 16. The predicted molar refractivity (Wildman–Crippen MR) is 132 cm³/mol. The van der Waals surface area contributed by atoms with Crippen molar-refractivity contribution in [3.63, 3.8) is 0 Å². The fourth-order valence-corrected chi connectivity index (χ4v) is 4.19. The molecule has 0 aliphatic rings. The highest BCUT2D eigenvalue weighted by molar-refractivity contribution is 6.45. The van der Waals surface area contributed by atoms with Crippen LogP contribution < -0.4 is 9.47 Å². The molecule has 2 aromatic carbocycles. The van der Waals surface area contributed by atoms with Crippen LogP contribution in [0.3, 0.4) is 0 Å². The fourth-order valence-electron chi connectivity index (χ4n) is 3.71. The second-order valence-corrected chi connectivity index (χ2v) is 8.82. The lowest BCUT2D eigenvalue weighted by Gasteiger charge is -2.17. The second-order valence-electron chi connectivity index (χ2n) is 8.06. The van der Waals surface area contributed by atoms with Gasteiger partial charge in [0.25, 0.3) is 0 Å². The molecule has 0 N–H and O–H groups in total. The molecule has 2 rings (SSSR count). The molecule has 0 saturated heterocycles. The van der Waals surface area contributed by atoms with E-state index in [-0.39, 0.29) is 0 Å². The Morgan fingerprint density at radius 2 is 0.933 bits per heavy atom. The first-order valence-electron chi connectivity index (χ1n) is 11.9. The lowest BCUT2D eigenvalue weighted by Crippen LogP contribution is -2.02. The van der Waals surface area contributed by atoms with Crippen molar-refractivity contribution < 1.29 is 9.47 Å². The van der Waals surface area contributed by atoms with Gasteiger partial charge in [0.1, 0.15) is 21.5 Å². The van der Waals surface area contributed by atoms with Gasteiger partial charge in [0.15, 0.2) is 0 Å². The number of hydrogen-bond acceptors (Lipinski definition) is 2. The van der Waals surface area contributed by atoms with Gasteiger partial charge in [-0.3, -0.25) is 0 Å². The summed E-state index contributed by atoms with van der Waals surface area (Å²) in [6, 6.07) is 8.07. The first-order valence-corrected chi connectivity index (χ1v) is 12.6. The topological polar surface area (TPSA) is 18.5 Å². The van der Waals surface area contributed by atoms with Crippen LogP contribution in [0.5, 0.6) is 11.5 Å². The third kappa shape index (κ3) is 7.85. The van der Waals surface area contributed by atoms with Gasteiger partial charge in [0.05, 0.1) is 13.2 Å². The summed E-state index contributed by atoms with van der Waals surface area (Å²) < 4.78 is 12.2. The fraction of sp³-hybridized carbons (Fsp3) is 0.615. The first-order chi connectivity index (χ1) is 14.7. The van der Waals surface area contributed by atoms with E-state index in [2.05, 4.69) is 13.8 Å². The van der Waals surface area contributed by atoms with Gasteiger partial charge in [0, 0.05) is 10.8 Å². The molecule has 0 unspecified atom stereocenters. The molecule has 0 spiro atoms. The lowest BCUT2D eigenvalue weighted by molar-refractivity contribution is 0.301. The zero-order valence-corrected chi connectivity index (χ0v) is 20.3. The van der Waals surface area contributed by atoms with Crippen LogP contribution in [0.4, 0.5) is 0 Å². The molecule has 168 valence electrons. The number of benzene rings is 2. The molecule has 0 bridgehead atoms. The number of fused-ring (bicyclic) bond motifs is 1. The van der Waals surface area contributed by atoms with Crippen LogP contribution in [0.15, 0.2) is 24.3 Å². The summed E-state index contributed by atoms with van der Waals surface area (Å²) in [5.41, 5.74) is 0. The summed E-state index contributed by atoms with van der Waals surface area (Å²) in [5, 5.41) is 2.85. The van der Waals surface area contributed by atoms with Crippen molar-refractivity contribution in [1.29, 1.82) is 0 Å². The van der Waals surface area contributed by atoms with Gasteiger partial charge >= 0.3 is 0 Å². The van der Waals surface area contributed by atoms with Gasteiger partial charge in [0.2, 0.25) is 0 Å². The van der Waals surface area contributed by atoms with Crippen LogP contribution >= 0.6 is 23.2 Å². The predicted octanol–water partition coefficient (Wildman–Crippen LogP) is 9.63. The Hall–Kier alpha value is -1.12. The molecule has 0 radical (unpaired) electrons. The van der Waals surface area contributed by atoms with Crippen molar-refractivity contribution in [1.82, 2.24) is 0 Å². The Kier molecular flexibility index (Phi) is 12.4. The van der Waals surface area contributed by atoms with Gasteiger partial charge in [-0.15, -0.1) is 0 Å². The van der Waals surface area contributed by atoms with Crippen molar-refractivity contribution in [2.45, 2.75) is 90.9 Å². The van der Waals surface area contributed by atoms with Crippen molar-refractivity contribution in [2.75, 3.05) is 13.2 Å². The van der Waals surface area contributed by atoms with E-state index in [0.717, 1.165) is 23.6 Å². The van der Waals surface area contributed by atoms with Crippen molar-refractivity contribution in [3.05, 3.63) is 34.3 Å². The van der Waals surface area contributed by atoms with Crippen LogP contribution in [0.1, 0.15) is 90.9 Å². The SMILES string of the molecule is CCCCCCCCOc1c(Cl)c(Cl)c(OCCCCCCCC)c2ccccc12. The number of hydrogen-bond donors (Lipinski definition) is 0. The van der Waals surface area contributed by atoms with Crippen LogP contribution in [0, 0.1) is 0 Å². The van der Waals surface area contributed by atoms with E-state index in [1.54, 1.807) is 0 Å². The molecule has 2 aromatic rings. The summed E-state index contributed by atoms with van der Waals surface area (Å²) in [6.45, 7) is 5.79. The van der Waals surface area contributed by atoms with E-state index in [1.165, 1.54) is 64.2 Å². The van der Waals surface area contributed by atoms with Gasteiger partial charge in [-0.05, 0) is 12.8 Å². The molecule has 0 heterocycles. The summed E-state index contributed by atoms with van der Waals surface area (Å²) >= 11 is 13.2. The minimum Gasteiger partial charge on any atom is -0.491 e. The minimum atomic E-state index is 0.458. The smallest absolute Gasteiger partial charge is 0.147 e. The van der Waals surface area contributed by atoms with Crippen molar-refractivity contribution in [2.24, 2.45) is 0 Å². The standard InChI is InChI=1S/C26H38Cl2O2/c1-3-5-7-9-11-15-19-29-25-21-17-13-14-18-22(21)26(24(28)23(25)27)30-20-16-12-10-8-6-4-2/h13-14,17-18H,3-12,15-16,19-20H2,1-2H3. The average molecular weight is 453 g/mol. The molecule has 0 aliphatic carbocycles. The zero-order chi connectivity index (χ0) is 21.6.